The van der Waals surface area contributed by atoms with Gasteiger partial charge in [-0.25, -0.2) is 0 Å². The van der Waals surface area contributed by atoms with Crippen molar-refractivity contribution in [1.29, 1.82) is 0 Å². The molecule has 3 rings (SSSR count). The summed E-state index contributed by atoms with van der Waals surface area (Å²) in [5, 5.41) is 16.9. The van der Waals surface area contributed by atoms with Crippen LogP contribution in [0, 0.1) is 0 Å². The second-order valence-corrected chi connectivity index (χ2v) is 6.54. The molecule has 1 atom stereocenters. The Hall–Kier alpha value is -2.90. The van der Waals surface area contributed by atoms with E-state index in [2.05, 4.69) is 10.2 Å². The van der Waals surface area contributed by atoms with Gasteiger partial charge in [0.1, 0.15) is 6.54 Å². The minimum Gasteiger partial charge on any atom is -0.480 e. The predicted octanol–water partition coefficient (Wildman–Crippen LogP) is 1.49. The van der Waals surface area contributed by atoms with E-state index in [9.17, 15) is 14.4 Å². The lowest BCUT2D eigenvalue weighted by Gasteiger charge is -2.28. The van der Waals surface area contributed by atoms with E-state index in [1.165, 1.54) is 11.8 Å². The number of carboxylic acids is 1. The van der Waals surface area contributed by atoms with Crippen molar-refractivity contribution in [2.45, 2.75) is 32.2 Å². The van der Waals surface area contributed by atoms with Crippen molar-refractivity contribution in [2.24, 2.45) is 0 Å². The van der Waals surface area contributed by atoms with Gasteiger partial charge in [-0.15, -0.1) is 0 Å². The molecule has 8 heteroatoms. The summed E-state index contributed by atoms with van der Waals surface area (Å²) in [5.74, 6) is -1.42. The summed E-state index contributed by atoms with van der Waals surface area (Å²) < 4.78 is 0. The SMILES string of the molecule is CC(=O)N(CC(=O)O)C1CCCN(C(=O)c2n[nH]c3ccccc23)CC1. The van der Waals surface area contributed by atoms with Crippen LogP contribution in [0.15, 0.2) is 24.3 Å². The quantitative estimate of drug-likeness (QED) is 0.861. The summed E-state index contributed by atoms with van der Waals surface area (Å²) in [6.45, 7) is 2.11. The Morgan fingerprint density at radius 1 is 1.27 bits per heavy atom. The first-order chi connectivity index (χ1) is 12.5. The van der Waals surface area contributed by atoms with Crippen LogP contribution in [0.25, 0.3) is 10.9 Å². The number of hydrogen-bond acceptors (Lipinski definition) is 4. The smallest absolute Gasteiger partial charge is 0.323 e. The average molecular weight is 358 g/mol. The number of aliphatic carboxylic acids is 1. The second kappa shape index (κ2) is 7.55. The van der Waals surface area contributed by atoms with Crippen molar-refractivity contribution >= 4 is 28.7 Å². The number of benzene rings is 1. The van der Waals surface area contributed by atoms with E-state index in [0.29, 0.717) is 38.0 Å². The highest BCUT2D eigenvalue weighted by molar-refractivity contribution is 6.04. The highest BCUT2D eigenvalue weighted by Crippen LogP contribution is 2.21. The third-order valence-corrected chi connectivity index (χ3v) is 4.81. The summed E-state index contributed by atoms with van der Waals surface area (Å²) in [7, 11) is 0. The molecule has 2 aromatic rings. The monoisotopic (exact) mass is 358 g/mol. The van der Waals surface area contributed by atoms with E-state index in [0.717, 1.165) is 10.9 Å². The topological polar surface area (TPSA) is 107 Å². The van der Waals surface area contributed by atoms with Crippen LogP contribution in [0.1, 0.15) is 36.7 Å². The molecule has 1 aliphatic heterocycles. The first kappa shape index (κ1) is 17.9. The van der Waals surface area contributed by atoms with E-state index < -0.39 is 5.97 Å². The molecule has 0 saturated carbocycles. The summed E-state index contributed by atoms with van der Waals surface area (Å²) in [6, 6.07) is 7.30. The van der Waals surface area contributed by atoms with Crippen molar-refractivity contribution in [2.75, 3.05) is 19.6 Å². The first-order valence-corrected chi connectivity index (χ1v) is 8.68. The molecule has 2 N–H and O–H groups in total. The number of hydrogen-bond donors (Lipinski definition) is 2. The minimum atomic E-state index is -1.03. The fraction of sp³-hybridized carbons (Fsp3) is 0.444. The number of fused-ring (bicyclic) bond motifs is 1. The maximum atomic E-state index is 12.9. The van der Waals surface area contributed by atoms with Gasteiger partial charge < -0.3 is 14.9 Å². The Bertz CT molecular complexity index is 831. The summed E-state index contributed by atoms with van der Waals surface area (Å²) in [6.07, 6.45) is 1.95. The third kappa shape index (κ3) is 3.68. The van der Waals surface area contributed by atoms with E-state index in [4.69, 9.17) is 5.11 Å². The number of para-hydroxylation sites is 1. The number of nitrogens with one attached hydrogen (secondary N) is 1. The zero-order chi connectivity index (χ0) is 18.7. The van der Waals surface area contributed by atoms with Crippen LogP contribution in [0.5, 0.6) is 0 Å². The molecule has 26 heavy (non-hydrogen) atoms. The molecule has 0 spiro atoms. The van der Waals surface area contributed by atoms with Crippen molar-refractivity contribution < 1.29 is 19.5 Å². The Balaban J connectivity index is 1.73. The third-order valence-electron chi connectivity index (χ3n) is 4.81. The van der Waals surface area contributed by atoms with Gasteiger partial charge in [0.25, 0.3) is 5.91 Å². The van der Waals surface area contributed by atoms with Gasteiger partial charge in [0.15, 0.2) is 5.69 Å². The molecule has 8 nitrogen and oxygen atoms in total. The van der Waals surface area contributed by atoms with E-state index in [1.54, 1.807) is 4.90 Å². The Labute approximate surface area is 150 Å². The fourth-order valence-electron chi connectivity index (χ4n) is 3.51. The van der Waals surface area contributed by atoms with Gasteiger partial charge in [0, 0.05) is 31.4 Å². The van der Waals surface area contributed by atoms with Gasteiger partial charge in [-0.3, -0.25) is 19.5 Å². The fourth-order valence-corrected chi connectivity index (χ4v) is 3.51. The lowest BCUT2D eigenvalue weighted by atomic mass is 10.1. The number of carbonyl (C=O) groups excluding carboxylic acids is 2. The molecule has 2 amide bonds. The van der Waals surface area contributed by atoms with Gasteiger partial charge in [-0.1, -0.05) is 18.2 Å². The molecule has 1 fully saturated rings. The molecule has 1 saturated heterocycles. The maximum absolute atomic E-state index is 12.9. The molecular formula is C18H22N4O4. The van der Waals surface area contributed by atoms with Crippen LogP contribution >= 0.6 is 0 Å². The molecule has 1 aliphatic rings. The maximum Gasteiger partial charge on any atom is 0.323 e. The molecule has 2 heterocycles. The normalized spacial score (nSPS) is 17.7. The summed E-state index contributed by atoms with van der Waals surface area (Å²) in [4.78, 5) is 38.8. The first-order valence-electron chi connectivity index (χ1n) is 8.68. The lowest BCUT2D eigenvalue weighted by Crippen LogP contribution is -2.43. The van der Waals surface area contributed by atoms with Crippen molar-refractivity contribution in [3.05, 3.63) is 30.0 Å². The van der Waals surface area contributed by atoms with Crippen LogP contribution in [0.3, 0.4) is 0 Å². The van der Waals surface area contributed by atoms with Gasteiger partial charge in [-0.05, 0) is 25.3 Å². The predicted molar refractivity (Wildman–Crippen MR) is 94.7 cm³/mol. The molecule has 1 unspecified atom stereocenters. The number of aromatic amines is 1. The molecule has 1 aromatic carbocycles. The largest absolute Gasteiger partial charge is 0.480 e. The van der Waals surface area contributed by atoms with Crippen LogP contribution in [-0.4, -0.2) is 68.6 Å². The number of amides is 2. The number of H-pyrrole nitrogens is 1. The Morgan fingerprint density at radius 2 is 2.04 bits per heavy atom. The number of likely N-dealkylation sites (tertiary alicyclic amines) is 1. The van der Waals surface area contributed by atoms with Crippen molar-refractivity contribution in [3.8, 4) is 0 Å². The van der Waals surface area contributed by atoms with Gasteiger partial charge in [-0.2, -0.15) is 5.10 Å². The molecule has 1 aromatic heterocycles. The van der Waals surface area contributed by atoms with Crippen molar-refractivity contribution in [3.63, 3.8) is 0 Å². The number of nitrogens with zero attached hydrogens (tertiary/aromatic N) is 3. The van der Waals surface area contributed by atoms with Gasteiger partial charge in [0.2, 0.25) is 5.91 Å². The average Bonchev–Trinajstić information content (AvgIpc) is 2.88. The number of carboxylic acid groups (broad SMARTS) is 1. The molecule has 138 valence electrons. The minimum absolute atomic E-state index is 0.143. The Morgan fingerprint density at radius 3 is 2.77 bits per heavy atom. The molecule has 0 aliphatic carbocycles. The van der Waals surface area contributed by atoms with Crippen LogP contribution < -0.4 is 0 Å². The number of rotatable bonds is 4. The number of carbonyl (C=O) groups is 3. The van der Waals surface area contributed by atoms with Crippen molar-refractivity contribution in [1.82, 2.24) is 20.0 Å². The molecule has 0 radical (unpaired) electrons. The Kier molecular flexibility index (Phi) is 5.20. The zero-order valence-electron chi connectivity index (χ0n) is 14.6. The second-order valence-electron chi connectivity index (χ2n) is 6.54. The van der Waals surface area contributed by atoms with E-state index in [1.807, 2.05) is 24.3 Å². The summed E-state index contributed by atoms with van der Waals surface area (Å²) >= 11 is 0. The van der Waals surface area contributed by atoms with Crippen LogP contribution in [0.4, 0.5) is 0 Å². The highest BCUT2D eigenvalue weighted by atomic mass is 16.4. The van der Waals surface area contributed by atoms with E-state index in [-0.39, 0.29) is 24.4 Å². The van der Waals surface area contributed by atoms with Gasteiger partial charge >= 0.3 is 5.97 Å². The molecular weight excluding hydrogens is 336 g/mol. The van der Waals surface area contributed by atoms with E-state index >= 15 is 0 Å². The van der Waals surface area contributed by atoms with Crippen LogP contribution in [-0.2, 0) is 9.59 Å². The number of aromatic nitrogens is 2. The summed E-state index contributed by atoms with van der Waals surface area (Å²) in [5.41, 5.74) is 1.21. The highest BCUT2D eigenvalue weighted by Gasteiger charge is 2.29. The van der Waals surface area contributed by atoms with Crippen LogP contribution in [0.2, 0.25) is 0 Å². The lowest BCUT2D eigenvalue weighted by molar-refractivity contribution is -0.145. The zero-order valence-corrected chi connectivity index (χ0v) is 14.6. The van der Waals surface area contributed by atoms with Gasteiger partial charge in [0.05, 0.1) is 5.52 Å². The molecule has 0 bridgehead atoms. The standard InChI is InChI=1S/C18H22N4O4/c1-12(23)22(11-16(24)25)13-5-4-9-21(10-8-13)18(26)17-14-6-2-3-7-15(14)19-20-17/h2-3,6-7,13H,4-5,8-11H2,1H3,(H,19,20)(H,24,25).